The first-order valence-corrected chi connectivity index (χ1v) is 11.1. The van der Waals surface area contributed by atoms with Gasteiger partial charge in [-0.3, -0.25) is 4.79 Å². The summed E-state index contributed by atoms with van der Waals surface area (Å²) in [5, 5.41) is 14.4. The number of nitriles is 1. The fourth-order valence-electron chi connectivity index (χ4n) is 4.01. The molecule has 3 heterocycles. The van der Waals surface area contributed by atoms with E-state index in [0.717, 1.165) is 35.4 Å². The Morgan fingerprint density at radius 1 is 1.00 bits per heavy atom. The van der Waals surface area contributed by atoms with Crippen LogP contribution in [-0.2, 0) is 0 Å². The molecular weight excluding hydrogens is 404 g/mol. The van der Waals surface area contributed by atoms with Crippen molar-refractivity contribution in [3.8, 4) is 17.2 Å². The van der Waals surface area contributed by atoms with Gasteiger partial charge in [0.2, 0.25) is 0 Å². The molecule has 0 aliphatic carbocycles. The van der Waals surface area contributed by atoms with Crippen molar-refractivity contribution in [2.24, 2.45) is 0 Å². The predicted molar refractivity (Wildman–Crippen MR) is 124 cm³/mol. The minimum absolute atomic E-state index is 0.0250. The van der Waals surface area contributed by atoms with Gasteiger partial charge in [0.25, 0.3) is 5.91 Å². The number of piperazine rings is 1. The Balaban J connectivity index is 1.35. The van der Waals surface area contributed by atoms with E-state index in [1.807, 2.05) is 4.90 Å². The number of thiophene rings is 1. The molecule has 2 aromatic heterocycles. The molecule has 0 radical (unpaired) electrons. The van der Waals surface area contributed by atoms with Crippen molar-refractivity contribution in [1.29, 1.82) is 5.26 Å². The summed E-state index contributed by atoms with van der Waals surface area (Å²) in [6.45, 7) is 2.70. The molecule has 0 spiro atoms. The Hall–Kier alpha value is -3.69. The van der Waals surface area contributed by atoms with Gasteiger partial charge in [-0.25, -0.2) is 4.98 Å². The first-order valence-electron chi connectivity index (χ1n) is 10.2. The van der Waals surface area contributed by atoms with E-state index >= 15 is 0 Å². The topological polar surface area (TPSA) is 60.2 Å². The largest absolute Gasteiger partial charge is 0.353 e. The summed E-state index contributed by atoms with van der Waals surface area (Å²) in [5.74, 6) is 0.914. The second-order valence-corrected chi connectivity index (χ2v) is 8.31. The molecule has 1 saturated heterocycles. The quantitative estimate of drug-likeness (QED) is 0.474. The van der Waals surface area contributed by atoms with Crippen molar-refractivity contribution in [2.75, 3.05) is 31.1 Å². The van der Waals surface area contributed by atoms with Gasteiger partial charge in [0.05, 0.1) is 17.1 Å². The van der Waals surface area contributed by atoms with E-state index in [2.05, 4.69) is 58.1 Å². The predicted octanol–water partition coefficient (Wildman–Crippen LogP) is 4.80. The van der Waals surface area contributed by atoms with Crippen LogP contribution in [0.15, 0.2) is 71.4 Å². The number of amides is 1. The summed E-state index contributed by atoms with van der Waals surface area (Å²) in [6, 6.07) is 21.6. The zero-order chi connectivity index (χ0) is 21.2. The number of carbonyl (C=O) groups is 1. The molecule has 0 bridgehead atoms. The molecule has 5 nitrogen and oxygen atoms in total. The van der Waals surface area contributed by atoms with E-state index in [1.54, 1.807) is 35.6 Å². The average Bonchev–Trinajstić information content (AvgIpc) is 3.38. The summed E-state index contributed by atoms with van der Waals surface area (Å²) < 4.78 is 0. The molecule has 0 N–H and O–H groups in total. The van der Waals surface area contributed by atoms with E-state index in [-0.39, 0.29) is 5.91 Å². The van der Waals surface area contributed by atoms with Crippen molar-refractivity contribution in [3.63, 3.8) is 0 Å². The van der Waals surface area contributed by atoms with Crippen LogP contribution < -0.4 is 4.90 Å². The maximum atomic E-state index is 12.8. The summed E-state index contributed by atoms with van der Waals surface area (Å²) in [5.41, 5.74) is 4.41. The van der Waals surface area contributed by atoms with Crippen LogP contribution >= 0.6 is 11.3 Å². The van der Waals surface area contributed by atoms with Crippen molar-refractivity contribution in [3.05, 3.63) is 82.6 Å². The van der Waals surface area contributed by atoms with Crippen molar-refractivity contribution in [2.45, 2.75) is 0 Å². The fraction of sp³-hybridized carbons (Fsp3) is 0.160. The van der Waals surface area contributed by atoms with E-state index in [1.165, 1.54) is 5.56 Å². The molecule has 1 amide bonds. The SMILES string of the molecule is N#Cc1cccc(C(=O)N2CCN(c3ccc4cccc(-c5ccsc5)c4n3)CC2)c1. The smallest absolute Gasteiger partial charge is 0.254 e. The Bertz CT molecular complexity index is 1280. The van der Waals surface area contributed by atoms with Crippen molar-refractivity contribution >= 4 is 34.0 Å². The molecule has 31 heavy (non-hydrogen) atoms. The lowest BCUT2D eigenvalue weighted by molar-refractivity contribution is 0.0746. The van der Waals surface area contributed by atoms with Crippen LogP contribution in [0.5, 0.6) is 0 Å². The standard InChI is InChI=1S/C25H20N4OS/c26-16-18-3-1-5-20(15-18)25(30)29-12-10-28(11-13-29)23-8-7-19-4-2-6-22(24(19)27-23)21-9-14-31-17-21/h1-9,14-15,17H,10-13H2. The second kappa shape index (κ2) is 8.21. The fourth-order valence-corrected chi connectivity index (χ4v) is 4.66. The van der Waals surface area contributed by atoms with Gasteiger partial charge in [0.1, 0.15) is 5.82 Å². The van der Waals surface area contributed by atoms with Crippen LogP contribution in [-0.4, -0.2) is 42.0 Å². The molecule has 1 fully saturated rings. The number of fused-ring (bicyclic) bond motifs is 1. The number of pyridine rings is 1. The van der Waals surface area contributed by atoms with Crippen molar-refractivity contribution < 1.29 is 4.79 Å². The lowest BCUT2D eigenvalue weighted by Crippen LogP contribution is -2.49. The lowest BCUT2D eigenvalue weighted by atomic mass is 10.0. The van der Waals surface area contributed by atoms with Crippen LogP contribution in [0.4, 0.5) is 5.82 Å². The van der Waals surface area contributed by atoms with Crippen LogP contribution in [0.25, 0.3) is 22.0 Å². The third kappa shape index (κ3) is 3.76. The minimum atomic E-state index is -0.0250. The van der Waals surface area contributed by atoms with Gasteiger partial charge in [0, 0.05) is 42.7 Å². The summed E-state index contributed by atoms with van der Waals surface area (Å²) >= 11 is 1.69. The number of carbonyl (C=O) groups excluding carboxylic acids is 1. The van der Waals surface area contributed by atoms with Crippen LogP contribution in [0.3, 0.4) is 0 Å². The van der Waals surface area contributed by atoms with Crippen LogP contribution in [0.2, 0.25) is 0 Å². The maximum absolute atomic E-state index is 12.8. The molecule has 6 heteroatoms. The summed E-state index contributed by atoms with van der Waals surface area (Å²) in [7, 11) is 0. The number of para-hydroxylation sites is 1. The molecule has 0 atom stereocenters. The number of aromatic nitrogens is 1. The normalized spacial score (nSPS) is 13.9. The van der Waals surface area contributed by atoms with E-state index < -0.39 is 0 Å². The monoisotopic (exact) mass is 424 g/mol. The Labute approximate surface area is 184 Å². The second-order valence-electron chi connectivity index (χ2n) is 7.53. The minimum Gasteiger partial charge on any atom is -0.353 e. The number of benzene rings is 2. The molecule has 0 unspecified atom stereocenters. The Kier molecular flexibility index (Phi) is 5.11. The molecule has 1 aliphatic rings. The Morgan fingerprint density at radius 3 is 2.61 bits per heavy atom. The molecule has 2 aromatic carbocycles. The maximum Gasteiger partial charge on any atom is 0.254 e. The molecule has 4 aromatic rings. The molecule has 152 valence electrons. The highest BCUT2D eigenvalue weighted by Crippen LogP contribution is 2.30. The highest BCUT2D eigenvalue weighted by molar-refractivity contribution is 7.08. The van der Waals surface area contributed by atoms with E-state index in [4.69, 9.17) is 10.2 Å². The zero-order valence-corrected chi connectivity index (χ0v) is 17.7. The highest BCUT2D eigenvalue weighted by Gasteiger charge is 2.23. The first kappa shape index (κ1) is 19.3. The summed E-state index contributed by atoms with van der Waals surface area (Å²) in [4.78, 5) is 21.9. The summed E-state index contributed by atoms with van der Waals surface area (Å²) in [6.07, 6.45) is 0. The van der Waals surface area contributed by atoms with Gasteiger partial charge in [-0.15, -0.1) is 0 Å². The number of rotatable bonds is 3. The first-order chi connectivity index (χ1) is 15.2. The number of hydrogen-bond acceptors (Lipinski definition) is 5. The van der Waals surface area contributed by atoms with Gasteiger partial charge in [0.15, 0.2) is 0 Å². The molecule has 5 rings (SSSR count). The zero-order valence-electron chi connectivity index (χ0n) is 16.9. The van der Waals surface area contributed by atoms with Gasteiger partial charge in [-0.1, -0.05) is 24.3 Å². The molecule has 0 saturated carbocycles. The van der Waals surface area contributed by atoms with Gasteiger partial charge in [-0.2, -0.15) is 16.6 Å². The third-order valence-electron chi connectivity index (χ3n) is 5.67. The van der Waals surface area contributed by atoms with Gasteiger partial charge >= 0.3 is 0 Å². The lowest BCUT2D eigenvalue weighted by Gasteiger charge is -2.35. The number of nitrogens with zero attached hydrogens (tertiary/aromatic N) is 4. The average molecular weight is 425 g/mol. The van der Waals surface area contributed by atoms with Crippen LogP contribution in [0, 0.1) is 11.3 Å². The van der Waals surface area contributed by atoms with Crippen LogP contribution in [0.1, 0.15) is 15.9 Å². The molecule has 1 aliphatic heterocycles. The van der Waals surface area contributed by atoms with E-state index in [0.29, 0.717) is 24.2 Å². The van der Waals surface area contributed by atoms with E-state index in [9.17, 15) is 4.79 Å². The van der Waals surface area contributed by atoms with Crippen molar-refractivity contribution in [1.82, 2.24) is 9.88 Å². The third-order valence-corrected chi connectivity index (χ3v) is 6.35. The Morgan fingerprint density at radius 2 is 1.84 bits per heavy atom. The number of anilines is 1. The number of hydrogen-bond donors (Lipinski definition) is 0. The molecular formula is C25H20N4OS. The highest BCUT2D eigenvalue weighted by atomic mass is 32.1. The van der Waals surface area contributed by atoms with Gasteiger partial charge < -0.3 is 9.80 Å². The van der Waals surface area contributed by atoms with Gasteiger partial charge in [-0.05, 0) is 52.7 Å².